The Morgan fingerprint density at radius 2 is 1.88 bits per heavy atom. The van der Waals surface area contributed by atoms with Gasteiger partial charge in [-0.25, -0.2) is 9.97 Å². The SMILES string of the molecule is N#Cc1ccc(N2CCC(C(=O)N3CCC(c4nc5cc(Cl)ccc5o4)CC3)CC2)nc1. The third kappa shape index (κ3) is 4.15. The van der Waals surface area contributed by atoms with E-state index in [9.17, 15) is 4.79 Å². The number of pyridine rings is 1. The lowest BCUT2D eigenvalue weighted by atomic mass is 9.92. The lowest BCUT2D eigenvalue weighted by Crippen LogP contribution is -2.45. The standard InChI is InChI=1S/C24H24ClN5O2/c25-19-2-3-21-20(13-19)28-23(32-21)17-5-11-30(12-6-17)24(31)18-7-9-29(10-8-18)22-4-1-16(14-26)15-27-22/h1-4,13,15,17-18H,5-12H2. The highest BCUT2D eigenvalue weighted by atomic mass is 35.5. The van der Waals surface area contributed by atoms with E-state index in [0.717, 1.165) is 74.7 Å². The first-order valence-corrected chi connectivity index (χ1v) is 11.4. The molecule has 2 aliphatic rings. The number of hydrogen-bond donors (Lipinski definition) is 0. The summed E-state index contributed by atoms with van der Waals surface area (Å²) in [6.45, 7) is 3.08. The molecule has 7 nitrogen and oxygen atoms in total. The number of nitrogens with zero attached hydrogens (tertiary/aromatic N) is 5. The Labute approximate surface area is 191 Å². The van der Waals surface area contributed by atoms with Gasteiger partial charge in [0, 0.05) is 49.2 Å². The van der Waals surface area contributed by atoms with Crippen LogP contribution < -0.4 is 4.90 Å². The Morgan fingerprint density at radius 1 is 1.09 bits per heavy atom. The molecule has 0 atom stereocenters. The lowest BCUT2D eigenvalue weighted by Gasteiger charge is -2.37. The van der Waals surface area contributed by atoms with Gasteiger partial charge in [-0.15, -0.1) is 0 Å². The van der Waals surface area contributed by atoms with Crippen molar-refractivity contribution in [3.05, 3.63) is 53.0 Å². The topological polar surface area (TPSA) is 86.3 Å². The van der Waals surface area contributed by atoms with E-state index in [1.165, 1.54) is 0 Å². The number of carbonyl (C=O) groups excluding carboxylic acids is 1. The summed E-state index contributed by atoms with van der Waals surface area (Å²) in [5.74, 6) is 2.18. The van der Waals surface area contributed by atoms with Crippen LogP contribution >= 0.6 is 11.6 Å². The molecule has 2 fully saturated rings. The van der Waals surface area contributed by atoms with Gasteiger partial charge in [-0.3, -0.25) is 4.79 Å². The second-order valence-corrected chi connectivity index (χ2v) is 8.98. The number of fused-ring (bicyclic) bond motifs is 1. The van der Waals surface area contributed by atoms with Crippen molar-refractivity contribution in [1.82, 2.24) is 14.9 Å². The molecule has 0 radical (unpaired) electrons. The highest BCUT2D eigenvalue weighted by Crippen LogP contribution is 2.32. The number of aromatic nitrogens is 2. The Bertz CT molecular complexity index is 1150. The summed E-state index contributed by atoms with van der Waals surface area (Å²) >= 11 is 6.05. The van der Waals surface area contributed by atoms with Crippen LogP contribution in [0.2, 0.25) is 5.02 Å². The zero-order valence-electron chi connectivity index (χ0n) is 17.7. The molecule has 5 rings (SSSR count). The van der Waals surface area contributed by atoms with Gasteiger partial charge in [0.2, 0.25) is 5.91 Å². The van der Waals surface area contributed by atoms with Crippen LogP contribution in [0.3, 0.4) is 0 Å². The van der Waals surface area contributed by atoms with E-state index >= 15 is 0 Å². The Morgan fingerprint density at radius 3 is 2.56 bits per heavy atom. The van der Waals surface area contributed by atoms with Gasteiger partial charge < -0.3 is 14.2 Å². The molecule has 8 heteroatoms. The maximum absolute atomic E-state index is 13.1. The fraction of sp³-hybridized carbons (Fsp3) is 0.417. The number of carbonyl (C=O) groups is 1. The monoisotopic (exact) mass is 449 g/mol. The molecule has 1 amide bonds. The molecule has 32 heavy (non-hydrogen) atoms. The fourth-order valence-corrected chi connectivity index (χ4v) is 4.86. The minimum Gasteiger partial charge on any atom is -0.440 e. The average molecular weight is 450 g/mol. The minimum absolute atomic E-state index is 0.0626. The van der Waals surface area contributed by atoms with Crippen LogP contribution in [0.15, 0.2) is 40.9 Å². The molecule has 3 aromatic rings. The number of oxazole rings is 1. The second kappa shape index (κ2) is 8.79. The van der Waals surface area contributed by atoms with E-state index in [1.54, 1.807) is 12.3 Å². The smallest absolute Gasteiger partial charge is 0.225 e. The second-order valence-electron chi connectivity index (χ2n) is 8.54. The number of likely N-dealkylation sites (tertiary alicyclic amines) is 1. The number of nitriles is 1. The molecule has 0 unspecified atom stereocenters. The third-order valence-corrected chi connectivity index (χ3v) is 6.80. The van der Waals surface area contributed by atoms with Crippen molar-refractivity contribution in [3.8, 4) is 6.07 Å². The summed E-state index contributed by atoms with van der Waals surface area (Å²) in [4.78, 5) is 26.3. The number of halogens is 1. The number of piperidine rings is 2. The predicted octanol–water partition coefficient (Wildman–Crippen LogP) is 4.37. The quantitative estimate of drug-likeness (QED) is 0.590. The maximum atomic E-state index is 13.1. The first-order chi connectivity index (χ1) is 15.6. The first kappa shape index (κ1) is 20.8. The van der Waals surface area contributed by atoms with Gasteiger partial charge in [0.05, 0.1) is 5.56 Å². The van der Waals surface area contributed by atoms with Crippen molar-refractivity contribution in [3.63, 3.8) is 0 Å². The largest absolute Gasteiger partial charge is 0.440 e. The van der Waals surface area contributed by atoms with Gasteiger partial charge in [0.1, 0.15) is 17.4 Å². The van der Waals surface area contributed by atoms with Crippen molar-refractivity contribution in [1.29, 1.82) is 5.26 Å². The summed E-state index contributed by atoms with van der Waals surface area (Å²) in [6, 6.07) is 11.2. The molecule has 4 heterocycles. The van der Waals surface area contributed by atoms with E-state index in [2.05, 4.69) is 20.9 Å². The fourth-order valence-electron chi connectivity index (χ4n) is 4.69. The van der Waals surface area contributed by atoms with Crippen LogP contribution in [0.4, 0.5) is 5.82 Å². The molecule has 0 spiro atoms. The predicted molar refractivity (Wildman–Crippen MR) is 121 cm³/mol. The van der Waals surface area contributed by atoms with Crippen LogP contribution in [0, 0.1) is 17.2 Å². The highest BCUT2D eigenvalue weighted by molar-refractivity contribution is 6.31. The van der Waals surface area contributed by atoms with E-state index in [-0.39, 0.29) is 17.7 Å². The van der Waals surface area contributed by atoms with Crippen molar-refractivity contribution < 1.29 is 9.21 Å². The molecular formula is C24H24ClN5O2. The van der Waals surface area contributed by atoms with Gasteiger partial charge in [0.25, 0.3) is 0 Å². The van der Waals surface area contributed by atoms with E-state index in [0.29, 0.717) is 10.6 Å². The Kier molecular flexibility index (Phi) is 5.71. The summed E-state index contributed by atoms with van der Waals surface area (Å²) in [6.07, 6.45) is 4.97. The first-order valence-electron chi connectivity index (χ1n) is 11.1. The molecule has 2 saturated heterocycles. The average Bonchev–Trinajstić information content (AvgIpc) is 3.27. The van der Waals surface area contributed by atoms with Crippen molar-refractivity contribution in [2.75, 3.05) is 31.1 Å². The lowest BCUT2D eigenvalue weighted by molar-refractivity contribution is -0.137. The summed E-state index contributed by atoms with van der Waals surface area (Å²) in [7, 11) is 0. The molecule has 1 aromatic carbocycles. The number of hydrogen-bond acceptors (Lipinski definition) is 6. The number of anilines is 1. The van der Waals surface area contributed by atoms with Crippen LogP contribution in [-0.4, -0.2) is 47.0 Å². The molecule has 0 N–H and O–H groups in total. The summed E-state index contributed by atoms with van der Waals surface area (Å²) < 4.78 is 5.94. The Balaban J connectivity index is 1.15. The van der Waals surface area contributed by atoms with Gasteiger partial charge in [-0.1, -0.05) is 11.6 Å². The van der Waals surface area contributed by atoms with Crippen molar-refractivity contribution in [2.24, 2.45) is 5.92 Å². The van der Waals surface area contributed by atoms with E-state index in [4.69, 9.17) is 21.3 Å². The zero-order valence-corrected chi connectivity index (χ0v) is 18.5. The maximum Gasteiger partial charge on any atom is 0.225 e. The summed E-state index contributed by atoms with van der Waals surface area (Å²) in [5.41, 5.74) is 2.10. The van der Waals surface area contributed by atoms with Crippen LogP contribution in [-0.2, 0) is 4.79 Å². The molecular weight excluding hydrogens is 426 g/mol. The molecule has 0 saturated carbocycles. The normalized spacial score (nSPS) is 18.1. The molecule has 0 bridgehead atoms. The van der Waals surface area contributed by atoms with Gasteiger partial charge >= 0.3 is 0 Å². The van der Waals surface area contributed by atoms with Gasteiger partial charge in [0.15, 0.2) is 11.5 Å². The van der Waals surface area contributed by atoms with Crippen LogP contribution in [0.25, 0.3) is 11.1 Å². The Hall–Kier alpha value is -3.11. The van der Waals surface area contributed by atoms with Crippen molar-refractivity contribution >= 4 is 34.4 Å². The van der Waals surface area contributed by atoms with Crippen LogP contribution in [0.5, 0.6) is 0 Å². The number of rotatable bonds is 3. The molecule has 164 valence electrons. The number of amides is 1. The molecule has 2 aliphatic heterocycles. The molecule has 0 aliphatic carbocycles. The van der Waals surface area contributed by atoms with Gasteiger partial charge in [-0.05, 0) is 56.0 Å². The van der Waals surface area contributed by atoms with Crippen LogP contribution in [0.1, 0.15) is 43.1 Å². The van der Waals surface area contributed by atoms with Gasteiger partial charge in [-0.2, -0.15) is 5.26 Å². The number of benzene rings is 1. The zero-order chi connectivity index (χ0) is 22.1. The van der Waals surface area contributed by atoms with Crippen molar-refractivity contribution in [2.45, 2.75) is 31.6 Å². The van der Waals surface area contributed by atoms with E-state index < -0.39 is 0 Å². The highest BCUT2D eigenvalue weighted by Gasteiger charge is 2.32. The minimum atomic E-state index is 0.0626. The molecule has 2 aromatic heterocycles. The van der Waals surface area contributed by atoms with E-state index in [1.807, 2.05) is 29.2 Å². The summed E-state index contributed by atoms with van der Waals surface area (Å²) in [5, 5.41) is 9.58. The third-order valence-electron chi connectivity index (χ3n) is 6.57.